The van der Waals surface area contributed by atoms with E-state index in [0.29, 0.717) is 0 Å². The third-order valence-electron chi connectivity index (χ3n) is 1.69. The molecule has 0 aliphatic heterocycles. The fourth-order valence-electron chi connectivity index (χ4n) is 1.17. The van der Waals surface area contributed by atoms with Gasteiger partial charge in [0.25, 0.3) is 0 Å². The number of H-pyrrole nitrogens is 1. The highest BCUT2D eigenvalue weighted by Gasteiger charge is 1.98. The highest BCUT2D eigenvalue weighted by Crippen LogP contribution is 2.08. The second-order valence-corrected chi connectivity index (χ2v) is 2.44. The molecule has 0 fully saturated rings. The van der Waals surface area contributed by atoms with Gasteiger partial charge in [0.1, 0.15) is 0 Å². The molecule has 53 valence electrons. The number of aromatic nitrogens is 1. The van der Waals surface area contributed by atoms with Crippen LogP contribution in [0.1, 0.15) is 0 Å². The predicted molar refractivity (Wildman–Crippen MR) is 45.9 cm³/mol. The van der Waals surface area contributed by atoms with Crippen LogP contribution in [-0.2, 0) is 0 Å². The van der Waals surface area contributed by atoms with Crippen molar-refractivity contribution in [3.63, 3.8) is 0 Å². The maximum absolute atomic E-state index is 8.68. The van der Waals surface area contributed by atoms with E-state index in [2.05, 4.69) is 4.98 Å². The number of hydrogen-bond acceptors (Lipinski definition) is 1. The normalized spacial score (nSPS) is 10.3. The van der Waals surface area contributed by atoms with Crippen molar-refractivity contribution in [2.75, 3.05) is 0 Å². The summed E-state index contributed by atoms with van der Waals surface area (Å²) in [7, 11) is 1.07. The Morgan fingerprint density at radius 3 is 2.82 bits per heavy atom. The first kappa shape index (κ1) is 6.49. The Kier molecular flexibility index (Phi) is 1.44. The van der Waals surface area contributed by atoms with Crippen molar-refractivity contribution >= 4 is 24.0 Å². The third-order valence-corrected chi connectivity index (χ3v) is 1.69. The Balaban J connectivity index is 2.69. The van der Waals surface area contributed by atoms with Crippen molar-refractivity contribution in [3.05, 3.63) is 30.3 Å². The lowest BCUT2D eigenvalue weighted by Gasteiger charge is -1.84. The van der Waals surface area contributed by atoms with Gasteiger partial charge < -0.3 is 10.0 Å². The van der Waals surface area contributed by atoms with Gasteiger partial charge >= 0.3 is 7.48 Å². The van der Waals surface area contributed by atoms with E-state index >= 15 is 0 Å². The first-order valence-corrected chi connectivity index (χ1v) is 3.45. The molecule has 3 heteroatoms. The largest absolute Gasteiger partial charge is 0.449 e. The van der Waals surface area contributed by atoms with Crippen molar-refractivity contribution in [2.24, 2.45) is 0 Å². The predicted octanol–water partition coefficient (Wildman–Crippen LogP) is 0.405. The van der Waals surface area contributed by atoms with Gasteiger partial charge in [-0.05, 0) is 17.5 Å². The second kappa shape index (κ2) is 2.44. The molecule has 2 aromatic rings. The highest BCUT2D eigenvalue weighted by molar-refractivity contribution is 6.45. The summed E-state index contributed by atoms with van der Waals surface area (Å²) in [5.74, 6) is 0. The lowest BCUT2D eigenvalue weighted by Crippen LogP contribution is -2.13. The van der Waals surface area contributed by atoms with Gasteiger partial charge in [0, 0.05) is 11.1 Å². The molecule has 0 aliphatic rings. The standard InChI is InChI=1S/C8H7BNO/c11-9-8-5-6-3-1-2-4-7(6)10-8/h1-5,10-11H. The van der Waals surface area contributed by atoms with Crippen molar-refractivity contribution in [2.45, 2.75) is 0 Å². The Bertz CT molecular complexity index is 336. The molecule has 11 heavy (non-hydrogen) atoms. The second-order valence-electron chi connectivity index (χ2n) is 2.44. The van der Waals surface area contributed by atoms with Gasteiger partial charge in [0.15, 0.2) is 0 Å². The van der Waals surface area contributed by atoms with E-state index in [-0.39, 0.29) is 0 Å². The van der Waals surface area contributed by atoms with E-state index in [0.717, 1.165) is 24.0 Å². The lowest BCUT2D eigenvalue weighted by molar-refractivity contribution is 0.614. The van der Waals surface area contributed by atoms with Crippen LogP contribution in [-0.4, -0.2) is 17.5 Å². The number of benzene rings is 1. The van der Waals surface area contributed by atoms with Crippen molar-refractivity contribution in [1.29, 1.82) is 0 Å². The molecule has 2 rings (SSSR count). The third kappa shape index (κ3) is 1.03. The monoisotopic (exact) mass is 144 g/mol. The average Bonchev–Trinajstić information content (AvgIpc) is 2.46. The fourth-order valence-corrected chi connectivity index (χ4v) is 1.17. The first-order chi connectivity index (χ1) is 5.40. The van der Waals surface area contributed by atoms with E-state index in [1.54, 1.807) is 0 Å². The van der Waals surface area contributed by atoms with Crippen LogP contribution >= 0.6 is 0 Å². The van der Waals surface area contributed by atoms with Crippen LogP contribution in [0.15, 0.2) is 30.3 Å². The molecular weight excluding hydrogens is 137 g/mol. The minimum atomic E-state index is 0.742. The van der Waals surface area contributed by atoms with E-state index < -0.39 is 0 Å². The van der Waals surface area contributed by atoms with Crippen LogP contribution in [0.4, 0.5) is 0 Å². The quantitative estimate of drug-likeness (QED) is 0.558. The van der Waals surface area contributed by atoms with Gasteiger partial charge in [-0.15, -0.1) is 0 Å². The van der Waals surface area contributed by atoms with Crippen molar-refractivity contribution < 1.29 is 5.02 Å². The van der Waals surface area contributed by atoms with Crippen LogP contribution in [0.5, 0.6) is 0 Å². The molecule has 0 atom stereocenters. The van der Waals surface area contributed by atoms with Gasteiger partial charge in [-0.1, -0.05) is 18.2 Å². The zero-order valence-electron chi connectivity index (χ0n) is 5.91. The Hall–Kier alpha value is -1.22. The number of aromatic amines is 1. The topological polar surface area (TPSA) is 36.0 Å². The van der Waals surface area contributed by atoms with Crippen LogP contribution in [0.25, 0.3) is 10.9 Å². The van der Waals surface area contributed by atoms with Gasteiger partial charge in [-0.3, -0.25) is 0 Å². The molecule has 0 saturated carbocycles. The highest BCUT2D eigenvalue weighted by atomic mass is 16.2. The van der Waals surface area contributed by atoms with Crippen LogP contribution in [0, 0.1) is 0 Å². The average molecular weight is 144 g/mol. The van der Waals surface area contributed by atoms with E-state index in [9.17, 15) is 0 Å². The number of rotatable bonds is 1. The summed E-state index contributed by atoms with van der Waals surface area (Å²) in [5, 5.41) is 9.80. The van der Waals surface area contributed by atoms with Gasteiger partial charge in [0.05, 0.1) is 0 Å². The number of fused-ring (bicyclic) bond motifs is 1. The summed E-state index contributed by atoms with van der Waals surface area (Å²) < 4.78 is 0. The molecule has 0 aliphatic carbocycles. The van der Waals surface area contributed by atoms with Gasteiger partial charge in [0.2, 0.25) is 0 Å². The van der Waals surface area contributed by atoms with E-state index in [1.807, 2.05) is 30.3 Å². The number of para-hydroxylation sites is 1. The summed E-state index contributed by atoms with van der Waals surface area (Å²) in [5.41, 5.74) is 1.79. The molecule has 1 radical (unpaired) electrons. The molecular formula is C8H7BNO. The van der Waals surface area contributed by atoms with Gasteiger partial charge in [-0.2, -0.15) is 0 Å². The molecule has 0 unspecified atom stereocenters. The molecule has 0 bridgehead atoms. The smallest absolute Gasteiger partial charge is 0.345 e. The molecule has 0 spiro atoms. The van der Waals surface area contributed by atoms with E-state index in [1.165, 1.54) is 0 Å². The zero-order valence-corrected chi connectivity index (χ0v) is 5.91. The lowest BCUT2D eigenvalue weighted by atomic mass is 9.97. The first-order valence-electron chi connectivity index (χ1n) is 3.45. The fraction of sp³-hybridized carbons (Fsp3) is 0. The maximum Gasteiger partial charge on any atom is 0.345 e. The van der Waals surface area contributed by atoms with Crippen LogP contribution in [0.3, 0.4) is 0 Å². The molecule has 0 amide bonds. The minimum Gasteiger partial charge on any atom is -0.449 e. The van der Waals surface area contributed by atoms with Crippen LogP contribution in [0.2, 0.25) is 0 Å². The Labute approximate surface area is 65.1 Å². The molecule has 1 heterocycles. The Morgan fingerprint density at radius 2 is 2.09 bits per heavy atom. The molecule has 2 nitrogen and oxygen atoms in total. The van der Waals surface area contributed by atoms with Crippen molar-refractivity contribution in [1.82, 2.24) is 4.98 Å². The molecule has 0 saturated heterocycles. The summed E-state index contributed by atoms with van der Waals surface area (Å²) in [6.07, 6.45) is 0. The number of nitrogens with one attached hydrogen (secondary N) is 1. The molecule has 1 aromatic carbocycles. The summed E-state index contributed by atoms with van der Waals surface area (Å²) in [4.78, 5) is 3.04. The maximum atomic E-state index is 8.68. The van der Waals surface area contributed by atoms with E-state index in [4.69, 9.17) is 5.02 Å². The SMILES string of the molecule is O[B]c1cc2ccccc2[nH]1. The molecule has 1 aromatic heterocycles. The van der Waals surface area contributed by atoms with Crippen molar-refractivity contribution in [3.8, 4) is 0 Å². The zero-order chi connectivity index (χ0) is 7.68. The summed E-state index contributed by atoms with van der Waals surface area (Å²) in [6, 6.07) is 9.80. The Morgan fingerprint density at radius 1 is 1.27 bits per heavy atom. The van der Waals surface area contributed by atoms with Gasteiger partial charge in [-0.25, -0.2) is 0 Å². The summed E-state index contributed by atoms with van der Waals surface area (Å²) >= 11 is 0. The number of hydrogen-bond donors (Lipinski definition) is 2. The summed E-state index contributed by atoms with van der Waals surface area (Å²) in [6.45, 7) is 0. The van der Waals surface area contributed by atoms with Crippen LogP contribution < -0.4 is 5.59 Å². The molecule has 2 N–H and O–H groups in total. The minimum absolute atomic E-state index is 0.742.